The number of nitro groups is 1. The van der Waals surface area contributed by atoms with Crippen LogP contribution in [0.25, 0.3) is 0 Å². The van der Waals surface area contributed by atoms with Crippen molar-refractivity contribution < 1.29 is 22.9 Å². The van der Waals surface area contributed by atoms with E-state index in [9.17, 15) is 28.1 Å². The first-order chi connectivity index (χ1) is 12.0. The average Bonchev–Trinajstić information content (AvgIpc) is 2.75. The number of sulfone groups is 1. The van der Waals surface area contributed by atoms with Crippen molar-refractivity contribution in [2.24, 2.45) is 5.92 Å². The molecule has 0 aromatic heterocycles. The first-order valence-corrected chi connectivity index (χ1v) is 9.83. The second-order valence-corrected chi connectivity index (χ2v) is 8.80. The van der Waals surface area contributed by atoms with E-state index in [-0.39, 0.29) is 10.5 Å². The third-order valence-electron chi connectivity index (χ3n) is 4.58. The number of hydrogen-bond acceptors (Lipinski definition) is 6. The number of Topliss-reactive ketones (excluding diaryl/α,β-unsaturated/α-hetero) is 2. The molecule has 0 radical (unpaired) electrons. The van der Waals surface area contributed by atoms with Crippen molar-refractivity contribution in [3.8, 4) is 0 Å². The smallest absolute Gasteiger partial charge is 0.249 e. The SMILES string of the molecule is CC(=O)C(C(C)=O)C(C1=C(C)C([N+](=O)[O-])CS1(=O)=O)c1ccc(Cl)cc1. The van der Waals surface area contributed by atoms with E-state index < -0.39 is 50.0 Å². The second-order valence-electron chi connectivity index (χ2n) is 6.36. The van der Waals surface area contributed by atoms with Gasteiger partial charge in [0.2, 0.25) is 6.04 Å². The number of benzene rings is 1. The highest BCUT2D eigenvalue weighted by atomic mass is 35.5. The third-order valence-corrected chi connectivity index (χ3v) is 6.83. The molecule has 140 valence electrons. The number of allylic oxidation sites excluding steroid dienone is 1. The predicted molar refractivity (Wildman–Crippen MR) is 96.3 cm³/mol. The number of halogens is 1. The van der Waals surface area contributed by atoms with Gasteiger partial charge in [0, 0.05) is 21.4 Å². The minimum Gasteiger partial charge on any atom is -0.299 e. The van der Waals surface area contributed by atoms with E-state index in [4.69, 9.17) is 11.6 Å². The topological polar surface area (TPSA) is 111 Å². The Hall–Kier alpha value is -2.06. The standard InChI is InChI=1S/C17H18ClNO6S/c1-9-14(19(22)23)8-26(24,25)17(9)16(15(10(2)20)11(3)21)12-4-6-13(18)7-5-12/h4-7,14-16H,8H2,1-3H3. The molecular formula is C17H18ClNO6S. The molecule has 1 aliphatic heterocycles. The van der Waals surface area contributed by atoms with Crippen molar-refractivity contribution in [2.75, 3.05) is 5.75 Å². The van der Waals surface area contributed by atoms with Gasteiger partial charge in [0.05, 0.1) is 10.8 Å². The lowest BCUT2D eigenvalue weighted by Gasteiger charge is -2.25. The summed E-state index contributed by atoms with van der Waals surface area (Å²) in [7, 11) is -4.00. The lowest BCUT2D eigenvalue weighted by molar-refractivity contribution is -0.505. The van der Waals surface area contributed by atoms with Gasteiger partial charge < -0.3 is 0 Å². The van der Waals surface area contributed by atoms with Crippen LogP contribution in [0.5, 0.6) is 0 Å². The van der Waals surface area contributed by atoms with Crippen molar-refractivity contribution in [1.82, 2.24) is 0 Å². The van der Waals surface area contributed by atoms with E-state index in [0.717, 1.165) is 0 Å². The zero-order chi connectivity index (χ0) is 19.8. The highest BCUT2D eigenvalue weighted by Gasteiger charge is 2.49. The van der Waals surface area contributed by atoms with Crippen LogP contribution in [0.15, 0.2) is 34.7 Å². The fourth-order valence-electron chi connectivity index (χ4n) is 3.41. The minimum atomic E-state index is -4.00. The fourth-order valence-corrected chi connectivity index (χ4v) is 5.79. The molecule has 1 aromatic carbocycles. The van der Waals surface area contributed by atoms with E-state index in [0.29, 0.717) is 10.6 Å². The van der Waals surface area contributed by atoms with Gasteiger partial charge in [0.15, 0.2) is 9.84 Å². The summed E-state index contributed by atoms with van der Waals surface area (Å²) in [6, 6.07) is 4.71. The maximum Gasteiger partial charge on any atom is 0.249 e. The number of hydrogen-bond donors (Lipinski definition) is 0. The average molecular weight is 400 g/mol. The molecule has 9 heteroatoms. The third kappa shape index (κ3) is 3.71. The first-order valence-electron chi connectivity index (χ1n) is 7.80. The Bertz CT molecular complexity index is 890. The van der Waals surface area contributed by atoms with Crippen LogP contribution in [0.3, 0.4) is 0 Å². The van der Waals surface area contributed by atoms with Crippen LogP contribution in [-0.4, -0.2) is 36.7 Å². The molecule has 26 heavy (non-hydrogen) atoms. The highest BCUT2D eigenvalue weighted by Crippen LogP contribution is 2.43. The van der Waals surface area contributed by atoms with Crippen LogP contribution >= 0.6 is 11.6 Å². The number of carbonyl (C=O) groups is 2. The van der Waals surface area contributed by atoms with E-state index >= 15 is 0 Å². The Labute approximate surface area is 156 Å². The normalized spacial score (nSPS) is 20.3. The quantitative estimate of drug-likeness (QED) is 0.413. The van der Waals surface area contributed by atoms with Crippen molar-refractivity contribution in [2.45, 2.75) is 32.7 Å². The largest absolute Gasteiger partial charge is 0.299 e. The van der Waals surface area contributed by atoms with Gasteiger partial charge in [-0.3, -0.25) is 19.7 Å². The Morgan fingerprint density at radius 2 is 1.69 bits per heavy atom. The predicted octanol–water partition coefficient (Wildman–Crippen LogP) is 2.57. The van der Waals surface area contributed by atoms with Gasteiger partial charge >= 0.3 is 0 Å². The van der Waals surface area contributed by atoms with Gasteiger partial charge in [-0.15, -0.1) is 0 Å². The maximum atomic E-state index is 12.7. The van der Waals surface area contributed by atoms with Gasteiger partial charge in [-0.25, -0.2) is 8.42 Å². The van der Waals surface area contributed by atoms with E-state index in [2.05, 4.69) is 0 Å². The maximum absolute atomic E-state index is 12.7. The van der Waals surface area contributed by atoms with Crippen molar-refractivity contribution in [1.29, 1.82) is 0 Å². The zero-order valence-corrected chi connectivity index (χ0v) is 16.0. The van der Waals surface area contributed by atoms with Crippen LogP contribution < -0.4 is 0 Å². The van der Waals surface area contributed by atoms with Crippen molar-refractivity contribution >= 4 is 33.0 Å². The summed E-state index contributed by atoms with van der Waals surface area (Å²) in [6.07, 6.45) is 0. The summed E-state index contributed by atoms with van der Waals surface area (Å²) in [6.45, 7) is 3.78. The highest BCUT2D eigenvalue weighted by molar-refractivity contribution is 7.95. The van der Waals surface area contributed by atoms with Crippen molar-refractivity contribution in [3.63, 3.8) is 0 Å². The summed E-state index contributed by atoms with van der Waals surface area (Å²) in [5.41, 5.74) is 0.453. The number of carbonyl (C=O) groups excluding carboxylic acids is 2. The van der Waals surface area contributed by atoms with Gasteiger partial charge in [-0.2, -0.15) is 0 Å². The lowest BCUT2D eigenvalue weighted by Crippen LogP contribution is -2.30. The molecule has 7 nitrogen and oxygen atoms in total. The molecular weight excluding hydrogens is 382 g/mol. The molecule has 2 atom stereocenters. The Kier molecular flexibility index (Phi) is 5.67. The monoisotopic (exact) mass is 399 g/mol. The van der Waals surface area contributed by atoms with Crippen molar-refractivity contribution in [3.05, 3.63) is 55.4 Å². The number of ketones is 2. The van der Waals surface area contributed by atoms with Gasteiger partial charge in [-0.05, 0) is 38.5 Å². The molecule has 0 fully saturated rings. The molecule has 0 amide bonds. The van der Waals surface area contributed by atoms with Gasteiger partial charge in [0.25, 0.3) is 0 Å². The second kappa shape index (κ2) is 7.28. The zero-order valence-electron chi connectivity index (χ0n) is 14.4. The molecule has 0 N–H and O–H groups in total. The van der Waals surface area contributed by atoms with E-state index in [1.165, 1.54) is 45.0 Å². The van der Waals surface area contributed by atoms with Gasteiger partial charge in [-0.1, -0.05) is 23.7 Å². The summed E-state index contributed by atoms with van der Waals surface area (Å²) in [5, 5.41) is 11.6. The first kappa shape index (κ1) is 20.3. The number of nitrogens with zero attached hydrogens (tertiary/aromatic N) is 1. The Morgan fingerprint density at radius 3 is 2.08 bits per heavy atom. The minimum absolute atomic E-state index is 0.0578. The van der Waals surface area contributed by atoms with Crippen LogP contribution in [-0.2, 0) is 19.4 Å². The molecule has 0 bridgehead atoms. The van der Waals surface area contributed by atoms with Gasteiger partial charge in [0.1, 0.15) is 17.3 Å². The van der Waals surface area contributed by atoms with Crippen LogP contribution in [0.2, 0.25) is 5.02 Å². The summed E-state index contributed by atoms with van der Waals surface area (Å²) >= 11 is 5.88. The Morgan fingerprint density at radius 1 is 1.19 bits per heavy atom. The molecule has 1 aliphatic rings. The molecule has 1 heterocycles. The molecule has 0 spiro atoms. The number of rotatable bonds is 6. The van der Waals surface area contributed by atoms with E-state index in [1.54, 1.807) is 0 Å². The summed E-state index contributed by atoms with van der Waals surface area (Å²) < 4.78 is 25.4. The fraction of sp³-hybridized carbons (Fsp3) is 0.412. The molecule has 1 aromatic rings. The molecule has 0 saturated heterocycles. The molecule has 2 rings (SSSR count). The molecule has 2 unspecified atom stereocenters. The van der Waals surface area contributed by atoms with Crippen LogP contribution in [0.1, 0.15) is 32.3 Å². The van der Waals surface area contributed by atoms with E-state index in [1.807, 2.05) is 0 Å². The molecule has 0 aliphatic carbocycles. The summed E-state index contributed by atoms with van der Waals surface area (Å²) in [4.78, 5) is 34.7. The lowest BCUT2D eigenvalue weighted by atomic mass is 9.79. The Balaban J connectivity index is 2.79. The van der Waals surface area contributed by atoms with Crippen LogP contribution in [0, 0.1) is 16.0 Å². The summed E-state index contributed by atoms with van der Waals surface area (Å²) in [5.74, 6) is -4.04. The van der Waals surface area contributed by atoms with Crippen LogP contribution in [0.4, 0.5) is 0 Å². The molecule has 0 saturated carbocycles.